The Morgan fingerprint density at radius 2 is 1.56 bits per heavy atom. The number of ketones is 1. The maximum Gasteiger partial charge on any atom is 0.172 e. The molecule has 12 heteroatoms. The Balaban J connectivity index is 0.994. The minimum Gasteiger partial charge on any atom is -0.392 e. The van der Waals surface area contributed by atoms with Gasteiger partial charge in [0.1, 0.15) is 36.3 Å². The van der Waals surface area contributed by atoms with E-state index in [4.69, 9.17) is 48.4 Å². The number of fused-ring (bicyclic) bond motifs is 6. The second-order valence-corrected chi connectivity index (χ2v) is 17.4. The Kier molecular flexibility index (Phi) is 10.0. The number of hydrogen-bond acceptors (Lipinski definition) is 12. The van der Waals surface area contributed by atoms with Crippen molar-refractivity contribution in [3.63, 3.8) is 0 Å². The molecular weight excluding hydrogens is 670 g/mol. The van der Waals surface area contributed by atoms with E-state index in [2.05, 4.69) is 20.1 Å². The Hall–Kier alpha value is -1.29. The van der Waals surface area contributed by atoms with Crippen LogP contribution in [0.2, 0.25) is 0 Å². The van der Waals surface area contributed by atoms with Crippen LogP contribution >= 0.6 is 0 Å². The molecular formula is C40H59NO11. The third-order valence-electron chi connectivity index (χ3n) is 14.0. The molecule has 0 unspecified atom stereocenters. The van der Waals surface area contributed by atoms with Crippen molar-refractivity contribution in [2.24, 2.45) is 17.6 Å². The van der Waals surface area contributed by atoms with Crippen LogP contribution < -0.4 is 5.73 Å². The van der Waals surface area contributed by atoms with E-state index < -0.39 is 18.0 Å². The fraction of sp³-hybridized carbons (Fsp3) is 0.875. The van der Waals surface area contributed by atoms with Crippen molar-refractivity contribution in [1.82, 2.24) is 0 Å². The van der Waals surface area contributed by atoms with Crippen LogP contribution in [0.5, 0.6) is 0 Å². The summed E-state index contributed by atoms with van der Waals surface area (Å²) in [4.78, 5) is 14.1. The number of rotatable bonds is 4. The van der Waals surface area contributed by atoms with Crippen LogP contribution in [0.15, 0.2) is 24.3 Å². The lowest BCUT2D eigenvalue weighted by Gasteiger charge is -2.47. The molecule has 12 bridgehead atoms. The predicted molar refractivity (Wildman–Crippen MR) is 186 cm³/mol. The van der Waals surface area contributed by atoms with Gasteiger partial charge in [0.25, 0.3) is 0 Å². The summed E-state index contributed by atoms with van der Waals surface area (Å²) in [7, 11) is 1.66. The Labute approximate surface area is 307 Å². The van der Waals surface area contributed by atoms with Gasteiger partial charge in [0.05, 0.1) is 67.1 Å². The Bertz CT molecular complexity index is 1380. The second-order valence-electron chi connectivity index (χ2n) is 17.4. The first-order valence-corrected chi connectivity index (χ1v) is 20.2. The van der Waals surface area contributed by atoms with Crippen molar-refractivity contribution >= 4 is 5.78 Å². The van der Waals surface area contributed by atoms with Gasteiger partial charge in [-0.2, -0.15) is 0 Å². The molecule has 0 saturated carbocycles. The molecule has 3 N–H and O–H groups in total. The Morgan fingerprint density at radius 1 is 0.808 bits per heavy atom. The summed E-state index contributed by atoms with van der Waals surface area (Å²) >= 11 is 0. The number of ether oxygens (including phenoxy) is 9. The lowest BCUT2D eigenvalue weighted by atomic mass is 9.81. The summed E-state index contributed by atoms with van der Waals surface area (Å²) in [6, 6.07) is 0. The van der Waals surface area contributed by atoms with Crippen molar-refractivity contribution in [3.8, 4) is 0 Å². The van der Waals surface area contributed by atoms with Crippen molar-refractivity contribution < 1.29 is 52.5 Å². The Morgan fingerprint density at radius 3 is 2.38 bits per heavy atom. The van der Waals surface area contributed by atoms with E-state index in [1.54, 1.807) is 7.11 Å². The topological polar surface area (TPSA) is 146 Å². The summed E-state index contributed by atoms with van der Waals surface area (Å²) in [6.45, 7) is 11.3. The number of aliphatic hydroxyl groups excluding tert-OH is 1. The number of aliphatic hydroxyl groups is 1. The average Bonchev–Trinajstić information content (AvgIpc) is 3.79. The zero-order chi connectivity index (χ0) is 35.9. The van der Waals surface area contributed by atoms with E-state index in [1.807, 2.05) is 0 Å². The molecule has 10 saturated heterocycles. The summed E-state index contributed by atoms with van der Waals surface area (Å²) < 4.78 is 60.0. The molecule has 0 amide bonds. The monoisotopic (exact) mass is 729 g/mol. The zero-order valence-electron chi connectivity index (χ0n) is 30.8. The van der Waals surface area contributed by atoms with Gasteiger partial charge in [0, 0.05) is 58.1 Å². The second kappa shape index (κ2) is 14.3. The van der Waals surface area contributed by atoms with Gasteiger partial charge in [-0.3, -0.25) is 4.79 Å². The van der Waals surface area contributed by atoms with Gasteiger partial charge >= 0.3 is 0 Å². The van der Waals surface area contributed by atoms with E-state index in [1.165, 1.54) is 0 Å². The highest BCUT2D eigenvalue weighted by Crippen LogP contribution is 2.54. The minimum atomic E-state index is -0.780. The van der Waals surface area contributed by atoms with Crippen LogP contribution in [0.3, 0.4) is 0 Å². The maximum absolute atomic E-state index is 14.1. The molecule has 10 aliphatic rings. The maximum atomic E-state index is 14.1. The van der Waals surface area contributed by atoms with Crippen LogP contribution in [-0.2, 0) is 47.4 Å². The van der Waals surface area contributed by atoms with Gasteiger partial charge in [0.2, 0.25) is 0 Å². The van der Waals surface area contributed by atoms with Crippen LogP contribution in [0, 0.1) is 11.8 Å². The highest BCUT2D eigenvalue weighted by molar-refractivity contribution is 5.79. The van der Waals surface area contributed by atoms with E-state index in [0.29, 0.717) is 25.7 Å². The quantitative estimate of drug-likeness (QED) is 0.409. The normalized spacial score (nSPS) is 52.4. The average molecular weight is 730 g/mol. The van der Waals surface area contributed by atoms with E-state index in [0.717, 1.165) is 56.1 Å². The summed E-state index contributed by atoms with van der Waals surface area (Å²) in [5.41, 5.74) is 8.01. The molecule has 0 aromatic heterocycles. The molecule has 19 atom stereocenters. The van der Waals surface area contributed by atoms with E-state index in [9.17, 15) is 9.90 Å². The summed E-state index contributed by atoms with van der Waals surface area (Å²) in [5, 5.41) is 10.5. The van der Waals surface area contributed by atoms with E-state index in [-0.39, 0.29) is 122 Å². The largest absolute Gasteiger partial charge is 0.392 e. The molecule has 12 nitrogen and oxygen atoms in total. The van der Waals surface area contributed by atoms with Crippen molar-refractivity contribution in [3.05, 3.63) is 24.3 Å². The molecule has 52 heavy (non-hydrogen) atoms. The van der Waals surface area contributed by atoms with Crippen molar-refractivity contribution in [1.29, 1.82) is 0 Å². The van der Waals surface area contributed by atoms with Gasteiger partial charge in [-0.05, 0) is 62.0 Å². The first kappa shape index (κ1) is 36.4. The number of carbonyl (C=O) groups excluding carboxylic acids is 1. The SMILES string of the molecule is C=C1[C@@H]2C[C@H]3O[C@@H](C[C@@H](O)CN)[C@@H](OC)[C@@H]3CC(=O)C[C@@H]3CC[C@H]4O[C@H]5[C@@H]6O[C@H]7C[C@@](CC[C@@H]8CC(=C)[C@@H](CC[C@H](C[C@@H]1C)O2)O8)(O[C@@H]6[C@@H]4O3)O[C@@H]57. The van der Waals surface area contributed by atoms with Gasteiger partial charge < -0.3 is 53.5 Å². The van der Waals surface area contributed by atoms with Crippen LogP contribution in [-0.4, -0.2) is 128 Å². The molecule has 0 aromatic rings. The van der Waals surface area contributed by atoms with Gasteiger partial charge in [-0.1, -0.05) is 20.1 Å². The molecule has 10 heterocycles. The summed E-state index contributed by atoms with van der Waals surface area (Å²) in [5.74, 6) is -0.619. The lowest BCUT2D eigenvalue weighted by molar-refractivity contribution is -0.292. The smallest absolute Gasteiger partial charge is 0.172 e. The van der Waals surface area contributed by atoms with Crippen LogP contribution in [0.1, 0.15) is 90.4 Å². The molecule has 10 fully saturated rings. The van der Waals surface area contributed by atoms with E-state index >= 15 is 0 Å². The first-order chi connectivity index (χ1) is 25.1. The fourth-order valence-electron chi connectivity index (χ4n) is 11.3. The molecule has 0 aromatic carbocycles. The minimum absolute atomic E-state index is 0.0158. The van der Waals surface area contributed by atoms with Gasteiger partial charge in [-0.25, -0.2) is 0 Å². The molecule has 10 aliphatic heterocycles. The highest BCUT2D eigenvalue weighted by atomic mass is 16.8. The number of methoxy groups -OCH3 is 1. The lowest BCUT2D eigenvalue weighted by Crippen LogP contribution is -2.61. The summed E-state index contributed by atoms with van der Waals surface area (Å²) in [6.07, 6.45) is 4.85. The van der Waals surface area contributed by atoms with Crippen LogP contribution in [0.4, 0.5) is 0 Å². The molecule has 290 valence electrons. The number of hydrogen-bond donors (Lipinski definition) is 2. The third kappa shape index (κ3) is 6.59. The number of nitrogens with two attached hydrogens (primary N) is 1. The first-order valence-electron chi connectivity index (χ1n) is 20.2. The third-order valence-corrected chi connectivity index (χ3v) is 14.0. The van der Waals surface area contributed by atoms with Crippen molar-refractivity contribution in [2.75, 3.05) is 13.7 Å². The number of Topliss-reactive ketones (excluding diaryl/α,β-unsaturated/α-hetero) is 1. The standard InChI is InChI=1S/C40H59NO11/c1-19-11-24-5-7-28-20(2)12-26(45-28)9-10-40-17-33-36(51-40)37-38(50-33)39(52-40)35-29(49-37)8-6-25(47-35)13-22(42)14-27-31(16-30(46-24)21(19)3)48-32(34(27)44-4)15-23(43)18-41/h19,23-39,43H,2-3,5-18,41H2,1,4H3/t19-,23+,24+,25-,26+,27+,28+,29+,30-,31+,32-,33-,34-,35+,36+,37+,38-,39+,40+/m0/s1. The zero-order valence-corrected chi connectivity index (χ0v) is 30.8. The molecule has 0 radical (unpaired) electrons. The molecule has 10 rings (SSSR count). The predicted octanol–water partition coefficient (Wildman–Crippen LogP) is 3.44. The molecule has 1 spiro atoms. The fourth-order valence-corrected chi connectivity index (χ4v) is 11.3. The molecule has 0 aliphatic carbocycles. The van der Waals surface area contributed by atoms with Crippen molar-refractivity contribution in [2.45, 2.75) is 194 Å². The van der Waals surface area contributed by atoms with Crippen LogP contribution in [0.25, 0.3) is 0 Å². The van der Waals surface area contributed by atoms with Gasteiger partial charge in [-0.15, -0.1) is 0 Å². The number of carbonyl (C=O) groups is 1. The highest BCUT2D eigenvalue weighted by Gasteiger charge is 2.68. The van der Waals surface area contributed by atoms with Gasteiger partial charge in [0.15, 0.2) is 5.79 Å².